The Labute approximate surface area is 129 Å². The zero-order valence-corrected chi connectivity index (χ0v) is 12.2. The maximum Gasteiger partial charge on any atom is 0.157 e. The number of ether oxygens (including phenoxy) is 2. The van der Waals surface area contributed by atoms with Crippen LogP contribution in [0.15, 0.2) is 36.7 Å². The maximum atomic E-state index is 8.78. The van der Waals surface area contributed by atoms with Gasteiger partial charge in [-0.1, -0.05) is 12.1 Å². The van der Waals surface area contributed by atoms with Crippen LogP contribution in [0.2, 0.25) is 0 Å². The van der Waals surface area contributed by atoms with E-state index in [0.717, 1.165) is 13.0 Å². The van der Waals surface area contributed by atoms with Crippen LogP contribution in [-0.4, -0.2) is 35.1 Å². The molecular weight excluding hydrogens is 280 g/mol. The molecule has 0 radical (unpaired) electrons. The first-order valence-corrected chi connectivity index (χ1v) is 7.26. The normalized spacial score (nSPS) is 20.7. The van der Waals surface area contributed by atoms with Crippen LogP contribution in [0.1, 0.15) is 11.1 Å². The molecule has 1 aliphatic rings. The average molecular weight is 298 g/mol. The fraction of sp³-hybridized carbons (Fsp3) is 0.375. The maximum absolute atomic E-state index is 8.78. The zero-order valence-electron chi connectivity index (χ0n) is 12.2. The Balaban J connectivity index is 1.54. The van der Waals surface area contributed by atoms with E-state index in [1.54, 1.807) is 6.20 Å². The van der Waals surface area contributed by atoms with E-state index < -0.39 is 0 Å². The number of hydrogen-bond donors (Lipinski definition) is 1. The number of rotatable bonds is 5. The molecule has 0 amide bonds. The molecule has 0 spiro atoms. The number of hydrogen-bond acceptors (Lipinski definition) is 5. The van der Waals surface area contributed by atoms with Crippen LogP contribution in [0.4, 0.5) is 0 Å². The number of nitrogens with zero attached hydrogens (tertiary/aromatic N) is 3. The summed E-state index contributed by atoms with van der Waals surface area (Å²) in [7, 11) is 0. The first-order chi connectivity index (χ1) is 10.7. The minimum absolute atomic E-state index is 0.0815. The molecule has 22 heavy (non-hydrogen) atoms. The van der Waals surface area contributed by atoms with Gasteiger partial charge in [0.15, 0.2) is 5.75 Å². The predicted molar refractivity (Wildman–Crippen MR) is 80.3 cm³/mol. The van der Waals surface area contributed by atoms with Crippen LogP contribution in [0.5, 0.6) is 5.75 Å². The molecule has 2 N–H and O–H groups in total. The van der Waals surface area contributed by atoms with Gasteiger partial charge in [-0.2, -0.15) is 10.4 Å². The van der Waals surface area contributed by atoms with E-state index in [1.165, 1.54) is 5.56 Å². The molecule has 0 aliphatic carbocycles. The molecular formula is C16H18N4O2. The van der Waals surface area contributed by atoms with Crippen LogP contribution >= 0.6 is 0 Å². The summed E-state index contributed by atoms with van der Waals surface area (Å²) in [5.41, 5.74) is 7.74. The summed E-state index contributed by atoms with van der Waals surface area (Å²) in [6, 6.07) is 9.62. The predicted octanol–water partition coefficient (Wildman–Crippen LogP) is 1.10. The molecule has 1 aromatic carbocycles. The van der Waals surface area contributed by atoms with Gasteiger partial charge in [0.2, 0.25) is 0 Å². The fourth-order valence-corrected chi connectivity index (χ4v) is 2.36. The molecule has 2 heterocycles. The van der Waals surface area contributed by atoms with Gasteiger partial charge in [0, 0.05) is 6.54 Å². The Bertz CT molecular complexity index is 660. The molecule has 6 nitrogen and oxygen atoms in total. The first kappa shape index (κ1) is 14.6. The van der Waals surface area contributed by atoms with Crippen molar-refractivity contribution in [1.29, 1.82) is 5.26 Å². The van der Waals surface area contributed by atoms with Gasteiger partial charge in [-0.3, -0.25) is 4.68 Å². The molecule has 3 rings (SSSR count). The lowest BCUT2D eigenvalue weighted by Gasteiger charge is -2.13. The van der Waals surface area contributed by atoms with E-state index in [2.05, 4.69) is 11.2 Å². The van der Waals surface area contributed by atoms with Crippen molar-refractivity contribution < 1.29 is 9.47 Å². The smallest absolute Gasteiger partial charge is 0.157 e. The fourth-order valence-electron chi connectivity index (χ4n) is 2.36. The molecule has 1 saturated heterocycles. The minimum atomic E-state index is -0.101. The van der Waals surface area contributed by atoms with E-state index >= 15 is 0 Å². The van der Waals surface area contributed by atoms with Crippen molar-refractivity contribution in [2.24, 2.45) is 5.73 Å². The molecule has 1 fully saturated rings. The Morgan fingerprint density at radius 2 is 2.18 bits per heavy atom. The summed E-state index contributed by atoms with van der Waals surface area (Å²) in [4.78, 5) is 0. The molecule has 1 aliphatic heterocycles. The second-order valence-electron chi connectivity index (χ2n) is 5.36. The summed E-state index contributed by atoms with van der Waals surface area (Å²) in [6.45, 7) is 1.82. The Morgan fingerprint density at radius 1 is 1.36 bits per heavy atom. The molecule has 0 unspecified atom stereocenters. The highest BCUT2D eigenvalue weighted by molar-refractivity contribution is 5.31. The lowest BCUT2D eigenvalue weighted by atomic mass is 10.1. The minimum Gasteiger partial charge on any atom is -0.483 e. The monoisotopic (exact) mass is 298 g/mol. The third kappa shape index (κ3) is 3.45. The van der Waals surface area contributed by atoms with Crippen molar-refractivity contribution in [2.45, 2.75) is 25.1 Å². The lowest BCUT2D eigenvalue weighted by molar-refractivity contribution is 0.140. The van der Waals surface area contributed by atoms with E-state index in [1.807, 2.05) is 35.1 Å². The van der Waals surface area contributed by atoms with Crippen molar-refractivity contribution in [3.63, 3.8) is 0 Å². The second-order valence-corrected chi connectivity index (χ2v) is 5.36. The lowest BCUT2D eigenvalue weighted by Crippen LogP contribution is -2.37. The second kappa shape index (κ2) is 6.60. The number of benzene rings is 1. The summed E-state index contributed by atoms with van der Waals surface area (Å²) in [6.07, 6.45) is 4.31. The van der Waals surface area contributed by atoms with E-state index in [-0.39, 0.29) is 12.1 Å². The highest BCUT2D eigenvalue weighted by Crippen LogP contribution is 2.16. The van der Waals surface area contributed by atoms with Gasteiger partial charge in [-0.15, -0.1) is 0 Å². The average Bonchev–Trinajstić information content (AvgIpc) is 3.16. The molecule has 114 valence electrons. The molecule has 0 saturated carbocycles. The van der Waals surface area contributed by atoms with Gasteiger partial charge in [0.05, 0.1) is 43.3 Å². The van der Waals surface area contributed by atoms with Crippen LogP contribution in [0.25, 0.3) is 0 Å². The molecule has 0 bridgehead atoms. The van der Waals surface area contributed by atoms with E-state index in [4.69, 9.17) is 20.5 Å². The quantitative estimate of drug-likeness (QED) is 0.893. The molecule has 6 heteroatoms. The van der Waals surface area contributed by atoms with E-state index in [9.17, 15) is 0 Å². The molecule has 2 atom stereocenters. The molecule has 2 aromatic rings. The summed E-state index contributed by atoms with van der Waals surface area (Å²) >= 11 is 0. The van der Waals surface area contributed by atoms with Crippen molar-refractivity contribution in [2.75, 3.05) is 13.2 Å². The summed E-state index contributed by atoms with van der Waals surface area (Å²) in [5.74, 6) is 0.714. The standard InChI is InChI=1S/C16H18N4O2/c17-7-13-3-1-12(2-4-13)5-6-20-9-14(8-19-20)22-16-11-21-10-15(16)18/h1-4,8-9,15-16H,5-6,10-11,18H2/t15-,16+/m0/s1. The number of nitriles is 1. The Kier molecular flexibility index (Phi) is 4.37. The third-order valence-electron chi connectivity index (χ3n) is 3.68. The van der Waals surface area contributed by atoms with Crippen molar-refractivity contribution >= 4 is 0 Å². The van der Waals surface area contributed by atoms with Gasteiger partial charge in [0.1, 0.15) is 6.10 Å². The van der Waals surface area contributed by atoms with Crippen LogP contribution in [0.3, 0.4) is 0 Å². The zero-order chi connectivity index (χ0) is 15.4. The largest absolute Gasteiger partial charge is 0.483 e. The highest BCUT2D eigenvalue weighted by Gasteiger charge is 2.26. The van der Waals surface area contributed by atoms with Gasteiger partial charge in [-0.25, -0.2) is 0 Å². The molecule has 1 aromatic heterocycles. The van der Waals surface area contributed by atoms with Crippen molar-refractivity contribution in [3.8, 4) is 11.8 Å². The Morgan fingerprint density at radius 3 is 2.86 bits per heavy atom. The number of aryl methyl sites for hydroxylation is 2. The summed E-state index contributed by atoms with van der Waals surface area (Å²) in [5, 5.41) is 13.1. The SMILES string of the molecule is N#Cc1ccc(CCn2cc(O[C@@H]3COC[C@@H]3N)cn2)cc1. The summed E-state index contributed by atoms with van der Waals surface area (Å²) < 4.78 is 12.9. The highest BCUT2D eigenvalue weighted by atomic mass is 16.5. The Hall–Kier alpha value is -2.36. The van der Waals surface area contributed by atoms with Crippen molar-refractivity contribution in [1.82, 2.24) is 9.78 Å². The van der Waals surface area contributed by atoms with Crippen LogP contribution in [0, 0.1) is 11.3 Å². The first-order valence-electron chi connectivity index (χ1n) is 7.26. The van der Waals surface area contributed by atoms with Gasteiger partial charge < -0.3 is 15.2 Å². The van der Waals surface area contributed by atoms with Gasteiger partial charge in [0.25, 0.3) is 0 Å². The number of aromatic nitrogens is 2. The van der Waals surface area contributed by atoms with Crippen LogP contribution in [-0.2, 0) is 17.7 Å². The number of nitrogens with two attached hydrogens (primary N) is 1. The van der Waals surface area contributed by atoms with Gasteiger partial charge >= 0.3 is 0 Å². The topological polar surface area (TPSA) is 86.1 Å². The van der Waals surface area contributed by atoms with Crippen LogP contribution < -0.4 is 10.5 Å². The van der Waals surface area contributed by atoms with Gasteiger partial charge in [-0.05, 0) is 24.1 Å². The third-order valence-corrected chi connectivity index (χ3v) is 3.68. The van der Waals surface area contributed by atoms with E-state index in [0.29, 0.717) is 24.5 Å². The van der Waals surface area contributed by atoms with Crippen molar-refractivity contribution in [3.05, 3.63) is 47.8 Å².